The normalized spacial score (nSPS) is 18.0. The quantitative estimate of drug-likeness (QED) is 0.878. The summed E-state index contributed by atoms with van der Waals surface area (Å²) in [6.45, 7) is 9.32. The van der Waals surface area contributed by atoms with Crippen LogP contribution in [-0.2, 0) is 4.79 Å². The summed E-state index contributed by atoms with van der Waals surface area (Å²) in [7, 11) is 0. The van der Waals surface area contributed by atoms with Gasteiger partial charge in [0.2, 0.25) is 0 Å². The van der Waals surface area contributed by atoms with E-state index in [9.17, 15) is 4.79 Å². The number of ether oxygens (including phenoxy) is 1. The smallest absolute Gasteiger partial charge is 0.260 e. The maximum Gasteiger partial charge on any atom is 0.260 e. The Morgan fingerprint density at radius 3 is 2.68 bits per heavy atom. The van der Waals surface area contributed by atoms with Crippen LogP contribution < -0.4 is 10.1 Å². The number of rotatable bonds is 6. The number of benzene rings is 1. The van der Waals surface area contributed by atoms with Gasteiger partial charge in [-0.25, -0.2) is 0 Å². The van der Waals surface area contributed by atoms with Crippen molar-refractivity contribution in [2.75, 3.05) is 19.6 Å². The van der Waals surface area contributed by atoms with Gasteiger partial charge in [-0.15, -0.1) is 0 Å². The third kappa shape index (κ3) is 4.73. The first-order valence-electron chi connectivity index (χ1n) is 8.35. The molecule has 1 aromatic rings. The van der Waals surface area contributed by atoms with Crippen molar-refractivity contribution in [3.63, 3.8) is 0 Å². The first-order valence-corrected chi connectivity index (χ1v) is 8.35. The summed E-state index contributed by atoms with van der Waals surface area (Å²) in [5, 5.41) is 3.13. The first-order chi connectivity index (χ1) is 10.6. The fourth-order valence-corrected chi connectivity index (χ4v) is 2.87. The van der Waals surface area contributed by atoms with Crippen molar-refractivity contribution in [1.82, 2.24) is 10.2 Å². The highest BCUT2D eigenvalue weighted by Crippen LogP contribution is 2.18. The van der Waals surface area contributed by atoms with Crippen molar-refractivity contribution in [3.05, 3.63) is 29.8 Å². The van der Waals surface area contributed by atoms with Gasteiger partial charge in [-0.2, -0.15) is 0 Å². The molecule has 0 aliphatic carbocycles. The Hall–Kier alpha value is -1.55. The minimum Gasteiger partial charge on any atom is -0.481 e. The van der Waals surface area contributed by atoms with Crippen molar-refractivity contribution in [2.24, 2.45) is 0 Å². The number of para-hydroxylation sites is 1. The van der Waals surface area contributed by atoms with Crippen LogP contribution in [0.15, 0.2) is 24.3 Å². The molecule has 1 heterocycles. The molecule has 1 N–H and O–H groups in total. The maximum atomic E-state index is 12.3. The van der Waals surface area contributed by atoms with E-state index in [1.54, 1.807) is 0 Å². The lowest BCUT2D eigenvalue weighted by Crippen LogP contribution is -2.48. The lowest BCUT2D eigenvalue weighted by molar-refractivity contribution is -0.128. The molecule has 1 amide bonds. The Kier molecular flexibility index (Phi) is 6.25. The Bertz CT molecular complexity index is 482. The Morgan fingerprint density at radius 2 is 2.05 bits per heavy atom. The zero-order valence-electron chi connectivity index (χ0n) is 14.0. The molecule has 1 atom stereocenters. The average Bonchev–Trinajstić information content (AvgIpc) is 2.51. The fraction of sp³-hybridized carbons (Fsp3) is 0.611. The number of amides is 1. The molecule has 122 valence electrons. The average molecular weight is 304 g/mol. The second-order valence-electron chi connectivity index (χ2n) is 6.15. The largest absolute Gasteiger partial charge is 0.481 e. The molecule has 1 aliphatic rings. The fourth-order valence-electron chi connectivity index (χ4n) is 2.87. The van der Waals surface area contributed by atoms with Crippen molar-refractivity contribution < 1.29 is 9.53 Å². The van der Waals surface area contributed by atoms with Crippen LogP contribution >= 0.6 is 0 Å². The van der Waals surface area contributed by atoms with Gasteiger partial charge in [-0.3, -0.25) is 4.79 Å². The first kappa shape index (κ1) is 16.8. The Morgan fingerprint density at radius 1 is 1.36 bits per heavy atom. The molecule has 1 fully saturated rings. The molecule has 4 heteroatoms. The second kappa shape index (κ2) is 8.18. The van der Waals surface area contributed by atoms with Crippen LogP contribution in [0.1, 0.15) is 38.7 Å². The molecule has 1 unspecified atom stereocenters. The van der Waals surface area contributed by atoms with E-state index in [0.717, 1.165) is 43.8 Å². The standard InChI is InChI=1S/C18H28N2O2/c1-4-11-20-12-9-16(10-13-20)19-18(21)15(3)22-17-8-6-5-7-14(17)2/h5-8,15-16H,4,9-13H2,1-3H3,(H,19,21). The molecular formula is C18H28N2O2. The van der Waals surface area contributed by atoms with Gasteiger partial charge in [0, 0.05) is 19.1 Å². The topological polar surface area (TPSA) is 41.6 Å². The number of aryl methyl sites for hydroxylation is 1. The Labute approximate surface area is 133 Å². The number of carbonyl (C=O) groups is 1. The van der Waals surface area contributed by atoms with E-state index in [4.69, 9.17) is 4.74 Å². The predicted octanol–water partition coefficient (Wildman–Crippen LogP) is 2.75. The van der Waals surface area contributed by atoms with Gasteiger partial charge in [-0.05, 0) is 51.3 Å². The number of piperidine rings is 1. The lowest BCUT2D eigenvalue weighted by Gasteiger charge is -2.32. The lowest BCUT2D eigenvalue weighted by atomic mass is 10.0. The van der Waals surface area contributed by atoms with Crippen molar-refractivity contribution in [2.45, 2.75) is 52.2 Å². The van der Waals surface area contributed by atoms with Crippen molar-refractivity contribution in [3.8, 4) is 5.75 Å². The number of carbonyl (C=O) groups excluding carboxylic acids is 1. The molecule has 0 radical (unpaired) electrons. The third-order valence-electron chi connectivity index (χ3n) is 4.24. The van der Waals surface area contributed by atoms with E-state index in [2.05, 4.69) is 17.1 Å². The molecule has 1 saturated heterocycles. The van der Waals surface area contributed by atoms with Crippen LogP contribution in [0.25, 0.3) is 0 Å². The van der Waals surface area contributed by atoms with Crippen LogP contribution in [0.2, 0.25) is 0 Å². The van der Waals surface area contributed by atoms with Crippen LogP contribution in [0.5, 0.6) is 5.75 Å². The zero-order valence-corrected chi connectivity index (χ0v) is 14.0. The minimum absolute atomic E-state index is 0.0165. The third-order valence-corrected chi connectivity index (χ3v) is 4.24. The highest BCUT2D eigenvalue weighted by atomic mass is 16.5. The van der Waals surface area contributed by atoms with Gasteiger partial charge in [0.05, 0.1) is 0 Å². The molecular weight excluding hydrogens is 276 g/mol. The van der Waals surface area contributed by atoms with Crippen molar-refractivity contribution >= 4 is 5.91 Å². The van der Waals surface area contributed by atoms with Crippen molar-refractivity contribution in [1.29, 1.82) is 0 Å². The van der Waals surface area contributed by atoms with Crippen LogP contribution in [-0.4, -0.2) is 42.6 Å². The van der Waals surface area contributed by atoms with E-state index < -0.39 is 6.10 Å². The molecule has 2 rings (SSSR count). The van der Waals surface area contributed by atoms with Crippen LogP contribution in [0.4, 0.5) is 0 Å². The number of nitrogens with one attached hydrogen (secondary N) is 1. The molecule has 4 nitrogen and oxygen atoms in total. The molecule has 1 aliphatic heterocycles. The van der Waals surface area contributed by atoms with Gasteiger partial charge in [-0.1, -0.05) is 25.1 Å². The SMILES string of the molecule is CCCN1CCC(NC(=O)C(C)Oc2ccccc2C)CC1. The summed E-state index contributed by atoms with van der Waals surface area (Å²) in [6.07, 6.45) is 2.79. The number of hydrogen-bond acceptors (Lipinski definition) is 3. The van der Waals surface area contributed by atoms with Gasteiger partial charge < -0.3 is 15.0 Å². The summed E-state index contributed by atoms with van der Waals surface area (Å²) in [6, 6.07) is 8.07. The summed E-state index contributed by atoms with van der Waals surface area (Å²) >= 11 is 0. The van der Waals surface area contributed by atoms with Gasteiger partial charge in [0.15, 0.2) is 6.10 Å². The second-order valence-corrected chi connectivity index (χ2v) is 6.15. The van der Waals surface area contributed by atoms with E-state index in [0.29, 0.717) is 0 Å². The summed E-state index contributed by atoms with van der Waals surface area (Å²) in [4.78, 5) is 14.8. The zero-order chi connectivity index (χ0) is 15.9. The molecule has 0 aromatic heterocycles. The van der Waals surface area contributed by atoms with Gasteiger partial charge >= 0.3 is 0 Å². The van der Waals surface area contributed by atoms with Gasteiger partial charge in [0.1, 0.15) is 5.75 Å². The van der Waals surface area contributed by atoms with Gasteiger partial charge in [0.25, 0.3) is 5.91 Å². The summed E-state index contributed by atoms with van der Waals surface area (Å²) in [5.74, 6) is 0.764. The van der Waals surface area contributed by atoms with E-state index >= 15 is 0 Å². The van der Waals surface area contributed by atoms with Crippen LogP contribution in [0, 0.1) is 6.92 Å². The molecule has 0 spiro atoms. The minimum atomic E-state index is -0.463. The molecule has 22 heavy (non-hydrogen) atoms. The number of likely N-dealkylation sites (tertiary alicyclic amines) is 1. The monoisotopic (exact) mass is 304 g/mol. The molecule has 0 saturated carbocycles. The van der Waals surface area contributed by atoms with E-state index in [1.165, 1.54) is 6.42 Å². The highest BCUT2D eigenvalue weighted by molar-refractivity contribution is 5.81. The predicted molar refractivity (Wildman–Crippen MR) is 89.2 cm³/mol. The summed E-state index contributed by atoms with van der Waals surface area (Å²) < 4.78 is 5.79. The highest BCUT2D eigenvalue weighted by Gasteiger charge is 2.23. The number of hydrogen-bond donors (Lipinski definition) is 1. The Balaban J connectivity index is 1.79. The molecule has 1 aromatic carbocycles. The van der Waals surface area contributed by atoms with E-state index in [-0.39, 0.29) is 11.9 Å². The van der Waals surface area contributed by atoms with Crippen LogP contribution in [0.3, 0.4) is 0 Å². The summed E-state index contributed by atoms with van der Waals surface area (Å²) in [5.41, 5.74) is 1.05. The maximum absolute atomic E-state index is 12.3. The molecule has 0 bridgehead atoms. The number of nitrogens with zero attached hydrogens (tertiary/aromatic N) is 1. The van der Waals surface area contributed by atoms with E-state index in [1.807, 2.05) is 38.1 Å².